The minimum atomic E-state index is 0. The molecule has 0 aliphatic rings. The van der Waals surface area contributed by atoms with Crippen molar-refractivity contribution in [1.29, 1.82) is 0 Å². The zero-order valence-electron chi connectivity index (χ0n) is 32.6. The Hall–Kier alpha value is -6.07. The quantitative estimate of drug-likeness (QED) is 0.161. The first-order valence-electron chi connectivity index (χ1n) is 19.5. The molecule has 0 fully saturated rings. The molecule has 0 bridgehead atoms. The first-order valence-corrected chi connectivity index (χ1v) is 19.5. The molecule has 0 saturated carbocycles. The van der Waals surface area contributed by atoms with Crippen molar-refractivity contribution in [3.63, 3.8) is 0 Å². The van der Waals surface area contributed by atoms with E-state index in [4.69, 9.17) is 9.97 Å². The molecule has 11 rings (SSSR count). The third-order valence-corrected chi connectivity index (χ3v) is 11.3. The summed E-state index contributed by atoms with van der Waals surface area (Å²) in [6, 6.07) is 57.7. The van der Waals surface area contributed by atoms with Crippen LogP contribution in [0.3, 0.4) is 0 Å². The summed E-state index contributed by atoms with van der Waals surface area (Å²) in [5.74, 6) is 2.74. The van der Waals surface area contributed by atoms with Crippen molar-refractivity contribution in [3.8, 4) is 28.5 Å². The SMILES string of the molecule is CC(C)c1cccc(C(C)C)c1-n1c(-c2[c-]cccc2)nc2ccccc21.Cn1c(-c2[c-]cccc2)nc2cc3c4cccc5c6ccccc6n(c3cc21)c54.[Ir]. The maximum Gasteiger partial charge on any atom is 0.0778 e. The van der Waals surface area contributed by atoms with Crippen LogP contribution in [0.4, 0.5) is 0 Å². The van der Waals surface area contributed by atoms with Gasteiger partial charge in [-0.15, -0.1) is 71.8 Å². The Balaban J connectivity index is 0.000000146. The summed E-state index contributed by atoms with van der Waals surface area (Å²) >= 11 is 0. The number of aromatic nitrogens is 5. The molecule has 281 valence electrons. The van der Waals surface area contributed by atoms with Crippen LogP contribution in [0.1, 0.15) is 50.7 Å². The van der Waals surface area contributed by atoms with E-state index < -0.39 is 0 Å². The van der Waals surface area contributed by atoms with Gasteiger partial charge in [0.15, 0.2) is 0 Å². The van der Waals surface area contributed by atoms with E-state index in [0.717, 1.165) is 44.8 Å². The fourth-order valence-corrected chi connectivity index (χ4v) is 8.62. The van der Waals surface area contributed by atoms with Crippen molar-refractivity contribution in [2.45, 2.75) is 39.5 Å². The molecule has 0 atom stereocenters. The molecule has 0 amide bonds. The predicted octanol–water partition coefficient (Wildman–Crippen LogP) is 12.9. The van der Waals surface area contributed by atoms with Gasteiger partial charge in [-0.25, -0.2) is 0 Å². The molecule has 5 nitrogen and oxygen atoms in total. The van der Waals surface area contributed by atoms with E-state index >= 15 is 0 Å². The molecular formula is C51H41IrN5-2. The van der Waals surface area contributed by atoms with Crippen molar-refractivity contribution in [1.82, 2.24) is 23.5 Å². The smallest absolute Gasteiger partial charge is 0.0778 e. The van der Waals surface area contributed by atoms with Crippen LogP contribution in [0.5, 0.6) is 0 Å². The average Bonchev–Trinajstić information content (AvgIpc) is 3.98. The van der Waals surface area contributed by atoms with Gasteiger partial charge in [0.25, 0.3) is 0 Å². The first-order chi connectivity index (χ1) is 27.4. The maximum atomic E-state index is 4.99. The number of imidazole rings is 2. The summed E-state index contributed by atoms with van der Waals surface area (Å²) in [5.41, 5.74) is 14.1. The zero-order chi connectivity index (χ0) is 38.1. The van der Waals surface area contributed by atoms with Gasteiger partial charge in [0, 0.05) is 54.4 Å². The molecule has 4 aromatic heterocycles. The van der Waals surface area contributed by atoms with Crippen LogP contribution in [-0.2, 0) is 27.2 Å². The number of para-hydroxylation sites is 5. The van der Waals surface area contributed by atoms with Gasteiger partial charge in [-0.3, -0.25) is 9.97 Å². The average molecular weight is 916 g/mol. The second-order valence-corrected chi connectivity index (χ2v) is 15.3. The second kappa shape index (κ2) is 14.5. The number of hydrogen-bond donors (Lipinski definition) is 0. The number of aryl methyl sites for hydroxylation is 1. The van der Waals surface area contributed by atoms with E-state index in [1.165, 1.54) is 54.9 Å². The fraction of sp³-hybridized carbons (Fsp3) is 0.137. The molecule has 1 radical (unpaired) electrons. The topological polar surface area (TPSA) is 40.0 Å². The number of hydrogen-bond acceptors (Lipinski definition) is 2. The Morgan fingerprint density at radius 2 is 1.05 bits per heavy atom. The minimum Gasteiger partial charge on any atom is -0.367 e. The number of benzene rings is 7. The van der Waals surface area contributed by atoms with Crippen molar-refractivity contribution >= 4 is 60.2 Å². The number of rotatable bonds is 5. The van der Waals surface area contributed by atoms with Gasteiger partial charge < -0.3 is 13.5 Å². The van der Waals surface area contributed by atoms with Gasteiger partial charge in [-0.1, -0.05) is 94.4 Å². The standard InChI is InChI=1S/C26H16N3.C25H25N2.Ir/c1-28-24-15-23-20(14-21(24)27-26(28)16-8-3-2-4-9-16)19-12-7-11-18-17-10-5-6-13-22(17)29(23)25(18)19;1-17(2)20-13-10-14-21(18(3)4)24(20)27-23-16-9-8-15-22(23)26-25(27)19-11-6-5-7-12-19;/h2-8,10-15H,1H3;5-11,13-18H,1-4H3;/q2*-1;. The van der Waals surface area contributed by atoms with Crippen LogP contribution in [0, 0.1) is 12.1 Å². The molecule has 0 aliphatic heterocycles. The van der Waals surface area contributed by atoms with Crippen molar-refractivity contribution in [2.24, 2.45) is 7.05 Å². The molecule has 7 aromatic carbocycles. The predicted molar refractivity (Wildman–Crippen MR) is 233 cm³/mol. The van der Waals surface area contributed by atoms with Crippen molar-refractivity contribution in [3.05, 3.63) is 169 Å². The van der Waals surface area contributed by atoms with Gasteiger partial charge in [0.05, 0.1) is 50.3 Å². The van der Waals surface area contributed by atoms with Crippen LogP contribution in [0.25, 0.3) is 88.6 Å². The van der Waals surface area contributed by atoms with Crippen LogP contribution >= 0.6 is 0 Å². The molecule has 6 heteroatoms. The van der Waals surface area contributed by atoms with Gasteiger partial charge >= 0.3 is 0 Å². The maximum absolute atomic E-state index is 4.99. The van der Waals surface area contributed by atoms with Crippen LogP contribution < -0.4 is 0 Å². The van der Waals surface area contributed by atoms with E-state index in [-0.39, 0.29) is 20.1 Å². The summed E-state index contributed by atoms with van der Waals surface area (Å²) in [7, 11) is 2.09. The Morgan fingerprint density at radius 3 is 1.72 bits per heavy atom. The third-order valence-electron chi connectivity index (χ3n) is 11.3. The largest absolute Gasteiger partial charge is 0.367 e. The number of nitrogens with zero attached hydrogens (tertiary/aromatic N) is 5. The summed E-state index contributed by atoms with van der Waals surface area (Å²) in [5, 5.41) is 5.16. The summed E-state index contributed by atoms with van der Waals surface area (Å²) in [4.78, 5) is 9.95. The molecule has 0 saturated heterocycles. The molecular weight excluding hydrogens is 875 g/mol. The molecule has 0 unspecified atom stereocenters. The fourth-order valence-electron chi connectivity index (χ4n) is 8.62. The van der Waals surface area contributed by atoms with Crippen LogP contribution in [0.15, 0.2) is 146 Å². The van der Waals surface area contributed by atoms with E-state index in [0.29, 0.717) is 11.8 Å². The van der Waals surface area contributed by atoms with Gasteiger partial charge in [0.2, 0.25) is 0 Å². The van der Waals surface area contributed by atoms with Crippen LogP contribution in [0.2, 0.25) is 0 Å². The van der Waals surface area contributed by atoms with E-state index in [1.54, 1.807) is 0 Å². The van der Waals surface area contributed by atoms with Crippen LogP contribution in [-0.4, -0.2) is 23.5 Å². The molecule has 0 spiro atoms. The summed E-state index contributed by atoms with van der Waals surface area (Å²) in [6.45, 7) is 9.04. The molecule has 57 heavy (non-hydrogen) atoms. The van der Waals surface area contributed by atoms with E-state index in [2.05, 4.69) is 170 Å². The Labute approximate surface area is 345 Å². The zero-order valence-corrected chi connectivity index (χ0v) is 35.0. The normalized spacial score (nSPS) is 11.8. The van der Waals surface area contributed by atoms with Crippen molar-refractivity contribution < 1.29 is 20.1 Å². The third kappa shape index (κ3) is 5.86. The molecule has 11 aromatic rings. The monoisotopic (exact) mass is 916 g/mol. The Kier molecular flexibility index (Phi) is 9.27. The van der Waals surface area contributed by atoms with Crippen molar-refractivity contribution in [2.75, 3.05) is 0 Å². The second-order valence-electron chi connectivity index (χ2n) is 15.3. The van der Waals surface area contributed by atoms with E-state index in [9.17, 15) is 0 Å². The van der Waals surface area contributed by atoms with Gasteiger partial charge in [-0.2, -0.15) is 0 Å². The first kappa shape index (κ1) is 36.6. The number of fused-ring (bicyclic) bond motifs is 8. The Morgan fingerprint density at radius 1 is 0.491 bits per heavy atom. The summed E-state index contributed by atoms with van der Waals surface area (Å²) in [6.07, 6.45) is 0. The molecule has 0 aliphatic carbocycles. The van der Waals surface area contributed by atoms with E-state index in [1.807, 2.05) is 36.4 Å². The Bertz CT molecular complexity index is 3180. The molecule has 4 heterocycles. The summed E-state index contributed by atoms with van der Waals surface area (Å²) < 4.78 is 6.93. The van der Waals surface area contributed by atoms with Gasteiger partial charge in [0.1, 0.15) is 0 Å². The van der Waals surface area contributed by atoms with Gasteiger partial charge in [-0.05, 0) is 53.3 Å². The molecule has 0 N–H and O–H groups in total. The minimum absolute atomic E-state index is 0.